The van der Waals surface area contributed by atoms with Crippen LogP contribution in [0.1, 0.15) is 24.3 Å². The predicted octanol–water partition coefficient (Wildman–Crippen LogP) is 2.77. The van der Waals surface area contributed by atoms with Gasteiger partial charge in [0.1, 0.15) is 6.26 Å². The van der Waals surface area contributed by atoms with Crippen LogP contribution in [0.4, 0.5) is 11.4 Å². The van der Waals surface area contributed by atoms with Gasteiger partial charge in [0.2, 0.25) is 0 Å². The molecular weight excluding hydrogens is 242 g/mol. The van der Waals surface area contributed by atoms with E-state index in [-0.39, 0.29) is 11.6 Å². The molecule has 1 N–H and O–H groups in total. The molecule has 1 aromatic carbocycles. The van der Waals surface area contributed by atoms with E-state index in [2.05, 4.69) is 33.7 Å². The Hall–Kier alpha value is -2.30. The first-order chi connectivity index (χ1) is 9.24. The number of anilines is 2. The van der Waals surface area contributed by atoms with Gasteiger partial charge in [-0.05, 0) is 38.1 Å². The number of benzene rings is 1. The van der Waals surface area contributed by atoms with Crippen LogP contribution in [0.3, 0.4) is 0 Å². The van der Waals surface area contributed by atoms with Crippen molar-refractivity contribution in [1.29, 1.82) is 0 Å². The molecule has 1 amide bonds. The minimum absolute atomic E-state index is 0.271. The fourth-order valence-corrected chi connectivity index (χ4v) is 1.87. The molecular formula is C14H17N3O2. The first-order valence-electron chi connectivity index (χ1n) is 6.31. The van der Waals surface area contributed by atoms with Gasteiger partial charge in [-0.2, -0.15) is 0 Å². The fourth-order valence-electron chi connectivity index (χ4n) is 1.87. The van der Waals surface area contributed by atoms with E-state index in [0.717, 1.165) is 24.5 Å². The van der Waals surface area contributed by atoms with Crippen LogP contribution < -0.4 is 10.2 Å². The van der Waals surface area contributed by atoms with Crippen LogP contribution in [0, 0.1) is 0 Å². The molecule has 0 aliphatic rings. The lowest BCUT2D eigenvalue weighted by molar-refractivity contribution is 0.101. The Labute approximate surface area is 112 Å². The van der Waals surface area contributed by atoms with E-state index in [1.54, 1.807) is 0 Å². The maximum atomic E-state index is 11.8. The van der Waals surface area contributed by atoms with E-state index < -0.39 is 0 Å². The number of nitrogens with zero attached hydrogens (tertiary/aromatic N) is 2. The number of carbonyl (C=O) groups excluding carboxylic acids is 1. The smallest absolute Gasteiger partial charge is 0.277 e. The fraction of sp³-hybridized carbons (Fsp3) is 0.286. The van der Waals surface area contributed by atoms with Crippen molar-refractivity contribution in [3.63, 3.8) is 0 Å². The maximum absolute atomic E-state index is 11.8. The summed E-state index contributed by atoms with van der Waals surface area (Å²) in [5, 5.41) is 6.36. The average Bonchev–Trinajstić information content (AvgIpc) is 2.96. The van der Waals surface area contributed by atoms with E-state index in [0.29, 0.717) is 0 Å². The Morgan fingerprint density at radius 3 is 2.42 bits per heavy atom. The highest BCUT2D eigenvalue weighted by Gasteiger charge is 2.09. The van der Waals surface area contributed by atoms with Gasteiger partial charge in [-0.25, -0.2) is 0 Å². The second kappa shape index (κ2) is 6.04. The van der Waals surface area contributed by atoms with Crippen molar-refractivity contribution in [3.05, 3.63) is 42.3 Å². The van der Waals surface area contributed by atoms with E-state index in [9.17, 15) is 4.79 Å². The van der Waals surface area contributed by atoms with Gasteiger partial charge in [0.25, 0.3) is 5.91 Å². The quantitative estimate of drug-likeness (QED) is 0.897. The molecule has 19 heavy (non-hydrogen) atoms. The zero-order chi connectivity index (χ0) is 13.7. The summed E-state index contributed by atoms with van der Waals surface area (Å²) in [5.74, 6) is -0.274. The summed E-state index contributed by atoms with van der Waals surface area (Å²) in [4.78, 5) is 14.0. The summed E-state index contributed by atoms with van der Waals surface area (Å²) in [7, 11) is 0. The lowest BCUT2D eigenvalue weighted by Gasteiger charge is -2.21. The van der Waals surface area contributed by atoms with E-state index in [1.807, 2.05) is 24.3 Å². The Morgan fingerprint density at radius 1 is 1.21 bits per heavy atom. The summed E-state index contributed by atoms with van der Waals surface area (Å²) in [6.45, 7) is 6.15. The van der Waals surface area contributed by atoms with Crippen LogP contribution in [0.5, 0.6) is 0 Å². The molecule has 0 saturated heterocycles. The van der Waals surface area contributed by atoms with Gasteiger partial charge in [-0.3, -0.25) is 4.79 Å². The molecule has 1 aromatic heterocycles. The third-order valence-electron chi connectivity index (χ3n) is 2.92. The first-order valence-corrected chi connectivity index (χ1v) is 6.31. The molecule has 2 aromatic rings. The van der Waals surface area contributed by atoms with Crippen molar-refractivity contribution in [2.24, 2.45) is 0 Å². The van der Waals surface area contributed by atoms with E-state index in [1.165, 1.54) is 12.3 Å². The van der Waals surface area contributed by atoms with Gasteiger partial charge in [0.05, 0.1) is 0 Å². The number of carbonyl (C=O) groups is 1. The Kier molecular flexibility index (Phi) is 4.18. The SMILES string of the molecule is CCN(CC)c1ccc(NC(=O)c2ccon2)cc1. The van der Waals surface area contributed by atoms with Gasteiger partial charge >= 0.3 is 0 Å². The summed E-state index contributed by atoms with van der Waals surface area (Å²) in [6, 6.07) is 9.27. The molecule has 0 spiro atoms. The molecule has 2 rings (SSSR count). The molecule has 0 saturated carbocycles. The molecule has 1 heterocycles. The molecule has 0 radical (unpaired) electrons. The van der Waals surface area contributed by atoms with Crippen LogP contribution in [0.25, 0.3) is 0 Å². The molecule has 0 aliphatic heterocycles. The summed E-state index contributed by atoms with van der Waals surface area (Å²) >= 11 is 0. The number of nitrogens with one attached hydrogen (secondary N) is 1. The molecule has 0 aliphatic carbocycles. The molecule has 100 valence electrons. The van der Waals surface area contributed by atoms with E-state index >= 15 is 0 Å². The van der Waals surface area contributed by atoms with Gasteiger partial charge < -0.3 is 14.7 Å². The average molecular weight is 259 g/mol. The normalized spacial score (nSPS) is 10.2. The third-order valence-corrected chi connectivity index (χ3v) is 2.92. The molecule has 5 heteroatoms. The standard InChI is InChI=1S/C14H17N3O2/c1-3-17(4-2)12-7-5-11(6-8-12)15-14(18)13-9-10-19-16-13/h5-10H,3-4H2,1-2H3,(H,15,18). The zero-order valence-electron chi connectivity index (χ0n) is 11.1. The minimum atomic E-state index is -0.274. The van der Waals surface area contributed by atoms with Crippen molar-refractivity contribution in [2.75, 3.05) is 23.3 Å². The van der Waals surface area contributed by atoms with Crippen molar-refractivity contribution in [3.8, 4) is 0 Å². The van der Waals surface area contributed by atoms with Crippen molar-refractivity contribution < 1.29 is 9.32 Å². The molecule has 0 bridgehead atoms. The van der Waals surface area contributed by atoms with Crippen molar-refractivity contribution in [2.45, 2.75) is 13.8 Å². The second-order valence-electron chi connectivity index (χ2n) is 4.06. The van der Waals surface area contributed by atoms with Gasteiger partial charge in [-0.1, -0.05) is 5.16 Å². The van der Waals surface area contributed by atoms with Crippen LogP contribution in [0.2, 0.25) is 0 Å². The number of rotatable bonds is 5. The summed E-state index contributed by atoms with van der Waals surface area (Å²) < 4.78 is 4.64. The van der Waals surface area contributed by atoms with Crippen LogP contribution in [-0.4, -0.2) is 24.2 Å². The molecule has 0 unspecified atom stereocenters. The van der Waals surface area contributed by atoms with Crippen LogP contribution >= 0.6 is 0 Å². The minimum Gasteiger partial charge on any atom is -0.372 e. The number of aromatic nitrogens is 1. The lowest BCUT2D eigenvalue weighted by Crippen LogP contribution is -2.21. The van der Waals surface area contributed by atoms with Gasteiger partial charge in [-0.15, -0.1) is 0 Å². The van der Waals surface area contributed by atoms with E-state index in [4.69, 9.17) is 0 Å². The summed E-state index contributed by atoms with van der Waals surface area (Å²) in [6.07, 6.45) is 1.37. The van der Waals surface area contributed by atoms with Crippen LogP contribution in [-0.2, 0) is 0 Å². The molecule has 0 fully saturated rings. The van der Waals surface area contributed by atoms with Crippen molar-refractivity contribution in [1.82, 2.24) is 5.16 Å². The maximum Gasteiger partial charge on any atom is 0.277 e. The Bertz CT molecular complexity index is 516. The molecule has 0 atom stereocenters. The second-order valence-corrected chi connectivity index (χ2v) is 4.06. The topological polar surface area (TPSA) is 58.4 Å². The number of hydrogen-bond acceptors (Lipinski definition) is 4. The third kappa shape index (κ3) is 3.13. The highest BCUT2D eigenvalue weighted by atomic mass is 16.5. The highest BCUT2D eigenvalue weighted by molar-refractivity contribution is 6.02. The number of amides is 1. The monoisotopic (exact) mass is 259 g/mol. The molecule has 5 nitrogen and oxygen atoms in total. The number of hydrogen-bond donors (Lipinski definition) is 1. The first kappa shape index (κ1) is 13.1. The highest BCUT2D eigenvalue weighted by Crippen LogP contribution is 2.18. The zero-order valence-corrected chi connectivity index (χ0v) is 11.1. The lowest BCUT2D eigenvalue weighted by atomic mass is 10.2. The van der Waals surface area contributed by atoms with Crippen molar-refractivity contribution >= 4 is 17.3 Å². The Balaban J connectivity index is 2.05. The summed E-state index contributed by atoms with van der Waals surface area (Å²) in [5.41, 5.74) is 2.15. The van der Waals surface area contributed by atoms with Gasteiger partial charge in [0, 0.05) is 30.5 Å². The Morgan fingerprint density at radius 2 is 1.89 bits per heavy atom. The van der Waals surface area contributed by atoms with Crippen LogP contribution in [0.15, 0.2) is 41.1 Å². The van der Waals surface area contributed by atoms with Gasteiger partial charge in [0.15, 0.2) is 5.69 Å². The largest absolute Gasteiger partial charge is 0.372 e. The predicted molar refractivity (Wildman–Crippen MR) is 74.5 cm³/mol.